The summed E-state index contributed by atoms with van der Waals surface area (Å²) in [5.74, 6) is 0.498. The fourth-order valence-corrected chi connectivity index (χ4v) is 3.19. The van der Waals surface area contributed by atoms with Gasteiger partial charge in [-0.25, -0.2) is 4.79 Å². The lowest BCUT2D eigenvalue weighted by molar-refractivity contribution is -0.0411. The smallest absolute Gasteiger partial charge is 0.410 e. The average Bonchev–Trinajstić information content (AvgIpc) is 2.23. The van der Waals surface area contributed by atoms with E-state index in [1.807, 2.05) is 25.7 Å². The Morgan fingerprint density at radius 3 is 2.33 bits per heavy atom. The number of hydrogen-bond donors (Lipinski definition) is 1. The molecule has 0 aromatic carbocycles. The van der Waals surface area contributed by atoms with Gasteiger partial charge in [0.1, 0.15) is 5.60 Å². The molecule has 0 aromatic rings. The number of aliphatic hydroxyl groups excluding tert-OH is 1. The number of carbonyl (C=O) groups is 1. The molecule has 0 aromatic heterocycles. The summed E-state index contributed by atoms with van der Waals surface area (Å²) in [5.41, 5.74) is -0.00339. The molecule has 2 rings (SSSR count). The standard InChI is InChI=1S/C14H25NO3/c1-13(2,3)18-12(17)15-6-4-14(5-7-15)8-11(9-14)10-16/h11,16H,4-10H2,1-3H3. The zero-order valence-corrected chi connectivity index (χ0v) is 11.7. The van der Waals surface area contributed by atoms with Crippen molar-refractivity contribution < 1.29 is 14.6 Å². The Morgan fingerprint density at radius 2 is 1.89 bits per heavy atom. The van der Waals surface area contributed by atoms with Crippen LogP contribution in [-0.4, -0.2) is 41.4 Å². The third kappa shape index (κ3) is 2.97. The first-order chi connectivity index (χ1) is 8.34. The highest BCUT2D eigenvalue weighted by Gasteiger charge is 2.46. The van der Waals surface area contributed by atoms with E-state index in [0.717, 1.165) is 38.8 Å². The van der Waals surface area contributed by atoms with Gasteiger partial charge in [0.25, 0.3) is 0 Å². The molecule has 104 valence electrons. The van der Waals surface area contributed by atoms with Gasteiger partial charge in [0.15, 0.2) is 0 Å². The van der Waals surface area contributed by atoms with Gasteiger partial charge in [-0.15, -0.1) is 0 Å². The number of carbonyl (C=O) groups excluding carboxylic acids is 1. The number of aliphatic hydroxyl groups is 1. The summed E-state index contributed by atoms with van der Waals surface area (Å²) in [5, 5.41) is 9.08. The Morgan fingerprint density at radius 1 is 1.33 bits per heavy atom. The zero-order chi connectivity index (χ0) is 13.4. The molecule has 0 radical (unpaired) electrons. The van der Waals surface area contributed by atoms with Crippen LogP contribution in [0.2, 0.25) is 0 Å². The molecule has 1 aliphatic heterocycles. The summed E-state index contributed by atoms with van der Waals surface area (Å²) in [6.45, 7) is 7.61. The van der Waals surface area contributed by atoms with Gasteiger partial charge in [0.05, 0.1) is 0 Å². The van der Waals surface area contributed by atoms with Crippen LogP contribution >= 0.6 is 0 Å². The number of rotatable bonds is 1. The average molecular weight is 255 g/mol. The first-order valence-corrected chi connectivity index (χ1v) is 6.92. The number of amides is 1. The quantitative estimate of drug-likeness (QED) is 0.782. The minimum atomic E-state index is -0.412. The van der Waals surface area contributed by atoms with Crippen molar-refractivity contribution in [1.29, 1.82) is 0 Å². The Balaban J connectivity index is 1.79. The van der Waals surface area contributed by atoms with Crippen molar-refractivity contribution in [3.05, 3.63) is 0 Å². The van der Waals surface area contributed by atoms with Crippen molar-refractivity contribution in [1.82, 2.24) is 4.90 Å². The highest BCUT2D eigenvalue weighted by molar-refractivity contribution is 5.68. The van der Waals surface area contributed by atoms with E-state index in [2.05, 4.69) is 0 Å². The predicted molar refractivity (Wildman–Crippen MR) is 69.3 cm³/mol. The Kier molecular flexibility index (Phi) is 3.58. The van der Waals surface area contributed by atoms with Crippen LogP contribution < -0.4 is 0 Å². The highest BCUT2D eigenvalue weighted by Crippen LogP contribution is 2.52. The fraction of sp³-hybridized carbons (Fsp3) is 0.929. The minimum Gasteiger partial charge on any atom is -0.444 e. The van der Waals surface area contributed by atoms with E-state index in [9.17, 15) is 4.79 Å². The van der Waals surface area contributed by atoms with Crippen LogP contribution in [0.4, 0.5) is 4.79 Å². The molecule has 1 spiro atoms. The highest BCUT2D eigenvalue weighted by atomic mass is 16.6. The van der Waals surface area contributed by atoms with Crippen molar-refractivity contribution in [3.8, 4) is 0 Å². The number of nitrogens with zero attached hydrogens (tertiary/aromatic N) is 1. The van der Waals surface area contributed by atoms with Gasteiger partial charge in [-0.2, -0.15) is 0 Å². The Labute approximate surface area is 109 Å². The van der Waals surface area contributed by atoms with E-state index in [0.29, 0.717) is 17.9 Å². The number of piperidine rings is 1. The molecule has 4 nitrogen and oxygen atoms in total. The lowest BCUT2D eigenvalue weighted by Crippen LogP contribution is -2.50. The van der Waals surface area contributed by atoms with Gasteiger partial charge < -0.3 is 14.7 Å². The molecule has 1 N–H and O–H groups in total. The van der Waals surface area contributed by atoms with E-state index in [1.54, 1.807) is 0 Å². The van der Waals surface area contributed by atoms with E-state index in [4.69, 9.17) is 9.84 Å². The molecule has 1 heterocycles. The SMILES string of the molecule is CC(C)(C)OC(=O)N1CCC2(CC1)CC(CO)C2. The lowest BCUT2D eigenvalue weighted by atomic mass is 9.58. The molecular weight excluding hydrogens is 230 g/mol. The monoisotopic (exact) mass is 255 g/mol. The molecule has 0 bridgehead atoms. The van der Waals surface area contributed by atoms with Crippen molar-refractivity contribution in [3.63, 3.8) is 0 Å². The molecule has 2 aliphatic rings. The fourth-order valence-electron chi connectivity index (χ4n) is 3.19. The first kappa shape index (κ1) is 13.7. The van der Waals surface area contributed by atoms with Crippen molar-refractivity contribution in [2.24, 2.45) is 11.3 Å². The Hall–Kier alpha value is -0.770. The summed E-state index contributed by atoms with van der Waals surface area (Å²) >= 11 is 0. The van der Waals surface area contributed by atoms with E-state index < -0.39 is 5.60 Å². The van der Waals surface area contributed by atoms with Gasteiger partial charge >= 0.3 is 6.09 Å². The van der Waals surface area contributed by atoms with Crippen LogP contribution in [0.25, 0.3) is 0 Å². The van der Waals surface area contributed by atoms with Crippen molar-refractivity contribution >= 4 is 6.09 Å². The van der Waals surface area contributed by atoms with Crippen molar-refractivity contribution in [2.45, 2.75) is 52.1 Å². The number of likely N-dealkylation sites (tertiary alicyclic amines) is 1. The normalized spacial score (nSPS) is 23.9. The number of ether oxygens (including phenoxy) is 1. The van der Waals surface area contributed by atoms with Crippen LogP contribution in [-0.2, 0) is 4.74 Å². The molecule has 4 heteroatoms. The summed E-state index contributed by atoms with van der Waals surface area (Å²) in [4.78, 5) is 13.7. The van der Waals surface area contributed by atoms with Crippen LogP contribution in [0.1, 0.15) is 46.5 Å². The van der Waals surface area contributed by atoms with E-state index in [1.165, 1.54) is 0 Å². The zero-order valence-electron chi connectivity index (χ0n) is 11.7. The molecule has 18 heavy (non-hydrogen) atoms. The van der Waals surface area contributed by atoms with Gasteiger partial charge in [0.2, 0.25) is 0 Å². The van der Waals surface area contributed by atoms with Gasteiger partial charge in [-0.05, 0) is 57.8 Å². The minimum absolute atomic E-state index is 0.185. The van der Waals surface area contributed by atoms with Crippen LogP contribution in [0.5, 0.6) is 0 Å². The van der Waals surface area contributed by atoms with Gasteiger partial charge in [0, 0.05) is 19.7 Å². The molecule has 1 aliphatic carbocycles. The third-order valence-corrected chi connectivity index (χ3v) is 4.18. The maximum absolute atomic E-state index is 11.9. The van der Waals surface area contributed by atoms with Crippen LogP contribution in [0.3, 0.4) is 0 Å². The van der Waals surface area contributed by atoms with E-state index in [-0.39, 0.29) is 6.09 Å². The summed E-state index contributed by atoms with van der Waals surface area (Å²) in [6.07, 6.45) is 4.19. The molecule has 1 saturated heterocycles. The molecule has 0 unspecified atom stereocenters. The maximum Gasteiger partial charge on any atom is 0.410 e. The second-order valence-corrected chi connectivity index (χ2v) is 6.92. The molecule has 1 amide bonds. The second kappa shape index (κ2) is 4.72. The molecular formula is C14H25NO3. The molecule has 2 fully saturated rings. The third-order valence-electron chi connectivity index (χ3n) is 4.18. The second-order valence-electron chi connectivity index (χ2n) is 6.92. The van der Waals surface area contributed by atoms with Crippen LogP contribution in [0, 0.1) is 11.3 Å². The molecule has 0 atom stereocenters. The van der Waals surface area contributed by atoms with Gasteiger partial charge in [-0.3, -0.25) is 0 Å². The first-order valence-electron chi connectivity index (χ1n) is 6.92. The summed E-state index contributed by atoms with van der Waals surface area (Å²) in [7, 11) is 0. The van der Waals surface area contributed by atoms with Gasteiger partial charge in [-0.1, -0.05) is 0 Å². The topological polar surface area (TPSA) is 49.8 Å². The Bertz CT molecular complexity index is 305. The lowest BCUT2D eigenvalue weighted by Gasteiger charge is -2.51. The largest absolute Gasteiger partial charge is 0.444 e. The van der Waals surface area contributed by atoms with Crippen LogP contribution in [0.15, 0.2) is 0 Å². The molecule has 1 saturated carbocycles. The number of hydrogen-bond acceptors (Lipinski definition) is 3. The van der Waals surface area contributed by atoms with E-state index >= 15 is 0 Å². The maximum atomic E-state index is 11.9. The predicted octanol–water partition coefficient (Wildman–Crippen LogP) is 2.41. The summed E-state index contributed by atoms with van der Waals surface area (Å²) in [6, 6.07) is 0. The summed E-state index contributed by atoms with van der Waals surface area (Å²) < 4.78 is 5.39. The van der Waals surface area contributed by atoms with Crippen molar-refractivity contribution in [2.75, 3.05) is 19.7 Å².